The van der Waals surface area contributed by atoms with Gasteiger partial charge in [0.25, 0.3) is 0 Å². The number of nitrogens with one attached hydrogen (secondary N) is 2. The largest absolute Gasteiger partial charge is 0.462 e. The fourth-order valence-electron chi connectivity index (χ4n) is 1.62. The van der Waals surface area contributed by atoms with Gasteiger partial charge in [-0.3, -0.25) is 0 Å². The molecular weight excluding hydrogens is 280 g/mol. The van der Waals surface area contributed by atoms with E-state index < -0.39 is 16.0 Å². The van der Waals surface area contributed by atoms with Crippen molar-refractivity contribution in [3.8, 4) is 0 Å². The van der Waals surface area contributed by atoms with E-state index in [1.807, 2.05) is 0 Å². The number of ether oxygens (including phenoxy) is 1. The first kappa shape index (κ1) is 16.6. The highest BCUT2D eigenvalue weighted by Gasteiger charge is 2.18. The van der Waals surface area contributed by atoms with Crippen LogP contribution >= 0.6 is 0 Å². The van der Waals surface area contributed by atoms with Crippen LogP contribution in [0.3, 0.4) is 0 Å². The van der Waals surface area contributed by atoms with Gasteiger partial charge in [-0.05, 0) is 38.6 Å². The summed E-state index contributed by atoms with van der Waals surface area (Å²) in [5.74, 6) is -0.529. The van der Waals surface area contributed by atoms with Gasteiger partial charge < -0.3 is 10.1 Å². The van der Waals surface area contributed by atoms with Crippen LogP contribution in [0.2, 0.25) is 0 Å². The van der Waals surface area contributed by atoms with Crippen molar-refractivity contribution in [3.63, 3.8) is 0 Å². The van der Waals surface area contributed by atoms with Crippen LogP contribution in [0.5, 0.6) is 0 Å². The number of likely N-dealkylation sites (N-methyl/N-ethyl adjacent to an activating group) is 1. The topological polar surface area (TPSA) is 84.5 Å². The van der Waals surface area contributed by atoms with E-state index in [-0.39, 0.29) is 23.6 Å². The summed E-state index contributed by atoms with van der Waals surface area (Å²) in [6, 6.07) is 4.49. The van der Waals surface area contributed by atoms with Gasteiger partial charge in [0.15, 0.2) is 0 Å². The van der Waals surface area contributed by atoms with Crippen molar-refractivity contribution < 1.29 is 17.9 Å². The van der Waals surface area contributed by atoms with Crippen LogP contribution in [0.1, 0.15) is 22.8 Å². The maximum Gasteiger partial charge on any atom is 0.338 e. The average Bonchev–Trinajstić information content (AvgIpc) is 2.39. The van der Waals surface area contributed by atoms with Gasteiger partial charge >= 0.3 is 5.97 Å². The zero-order valence-electron chi connectivity index (χ0n) is 11.9. The third kappa shape index (κ3) is 4.29. The van der Waals surface area contributed by atoms with Gasteiger partial charge in [0.1, 0.15) is 0 Å². The zero-order valence-corrected chi connectivity index (χ0v) is 12.7. The molecule has 0 fully saturated rings. The van der Waals surface area contributed by atoms with Crippen LogP contribution < -0.4 is 10.0 Å². The molecule has 20 heavy (non-hydrogen) atoms. The minimum absolute atomic E-state index is 0.0964. The molecule has 0 aliphatic rings. The molecule has 1 rings (SSSR count). The van der Waals surface area contributed by atoms with Crippen molar-refractivity contribution >= 4 is 16.0 Å². The first-order valence-corrected chi connectivity index (χ1v) is 7.82. The van der Waals surface area contributed by atoms with Gasteiger partial charge in [-0.15, -0.1) is 0 Å². The number of aryl methyl sites for hydroxylation is 1. The average molecular weight is 300 g/mol. The standard InChI is InChI=1S/C13H20N2O4S/c1-4-19-13(16)11-6-5-10(2)12(9-11)20(17,18)15-8-7-14-3/h5-6,9,14-15H,4,7-8H2,1-3H3. The summed E-state index contributed by atoms with van der Waals surface area (Å²) >= 11 is 0. The summed E-state index contributed by atoms with van der Waals surface area (Å²) in [5, 5.41) is 2.85. The normalized spacial score (nSPS) is 11.3. The number of esters is 1. The lowest BCUT2D eigenvalue weighted by atomic mass is 10.1. The van der Waals surface area contributed by atoms with Crippen molar-refractivity contribution in [2.75, 3.05) is 26.7 Å². The van der Waals surface area contributed by atoms with E-state index in [0.717, 1.165) is 0 Å². The highest BCUT2D eigenvalue weighted by molar-refractivity contribution is 7.89. The third-order valence-corrected chi connectivity index (χ3v) is 4.26. The predicted octanol–water partition coefficient (Wildman–Crippen LogP) is 0.669. The van der Waals surface area contributed by atoms with Gasteiger partial charge in [-0.2, -0.15) is 0 Å². The molecule has 0 aromatic heterocycles. The number of hydrogen-bond donors (Lipinski definition) is 2. The molecule has 7 heteroatoms. The molecule has 0 bridgehead atoms. The Hall–Kier alpha value is -1.44. The van der Waals surface area contributed by atoms with Crippen LogP contribution in [0.15, 0.2) is 23.1 Å². The van der Waals surface area contributed by atoms with Crippen LogP contribution in [0, 0.1) is 6.92 Å². The molecule has 0 spiro atoms. The Balaban J connectivity index is 3.04. The second-order valence-corrected chi connectivity index (χ2v) is 5.94. The predicted molar refractivity (Wildman–Crippen MR) is 76.3 cm³/mol. The molecule has 6 nitrogen and oxygen atoms in total. The lowest BCUT2D eigenvalue weighted by molar-refractivity contribution is 0.0526. The molecule has 1 aromatic carbocycles. The number of carbonyl (C=O) groups is 1. The van der Waals surface area contributed by atoms with Crippen molar-refractivity contribution in [3.05, 3.63) is 29.3 Å². The van der Waals surface area contributed by atoms with Crippen molar-refractivity contribution in [2.24, 2.45) is 0 Å². The summed E-state index contributed by atoms with van der Waals surface area (Å²) in [5.41, 5.74) is 0.807. The van der Waals surface area contributed by atoms with Gasteiger partial charge in [-0.1, -0.05) is 6.07 Å². The summed E-state index contributed by atoms with van der Waals surface area (Å²) in [6.45, 7) is 4.43. The monoisotopic (exact) mass is 300 g/mol. The SMILES string of the molecule is CCOC(=O)c1ccc(C)c(S(=O)(=O)NCCNC)c1. The Morgan fingerprint density at radius 1 is 1.30 bits per heavy atom. The van der Waals surface area contributed by atoms with Crippen molar-refractivity contribution in [1.29, 1.82) is 0 Å². The minimum atomic E-state index is -3.63. The molecule has 0 amide bonds. The lowest BCUT2D eigenvalue weighted by Gasteiger charge is -2.10. The smallest absolute Gasteiger partial charge is 0.338 e. The van der Waals surface area contributed by atoms with E-state index in [1.54, 1.807) is 33.0 Å². The maximum atomic E-state index is 12.2. The maximum absolute atomic E-state index is 12.2. The number of benzene rings is 1. The molecule has 0 saturated carbocycles. The molecule has 1 aromatic rings. The number of sulfonamides is 1. The summed E-state index contributed by atoms with van der Waals surface area (Å²) in [7, 11) is -1.89. The molecule has 0 atom stereocenters. The van der Waals surface area contributed by atoms with E-state index in [1.165, 1.54) is 6.07 Å². The third-order valence-electron chi connectivity index (χ3n) is 2.66. The molecule has 0 unspecified atom stereocenters. The van der Waals surface area contributed by atoms with Crippen molar-refractivity contribution in [2.45, 2.75) is 18.7 Å². The summed E-state index contributed by atoms with van der Waals surface area (Å²) < 4.78 is 31.7. The number of hydrogen-bond acceptors (Lipinski definition) is 5. The Bertz CT molecular complexity index is 570. The number of carbonyl (C=O) groups excluding carboxylic acids is 1. The summed E-state index contributed by atoms with van der Waals surface area (Å²) in [4.78, 5) is 11.7. The molecule has 112 valence electrons. The minimum Gasteiger partial charge on any atom is -0.462 e. The molecular formula is C13H20N2O4S. The van der Waals surface area contributed by atoms with Crippen LogP contribution in [-0.4, -0.2) is 41.1 Å². The Labute approximate surface area is 119 Å². The fraction of sp³-hybridized carbons (Fsp3) is 0.462. The van der Waals surface area contributed by atoms with Gasteiger partial charge in [0, 0.05) is 13.1 Å². The highest BCUT2D eigenvalue weighted by atomic mass is 32.2. The van der Waals surface area contributed by atoms with Crippen LogP contribution in [-0.2, 0) is 14.8 Å². The molecule has 2 N–H and O–H groups in total. The fourth-order valence-corrected chi connectivity index (χ4v) is 2.92. The Morgan fingerprint density at radius 3 is 2.60 bits per heavy atom. The molecule has 0 radical (unpaired) electrons. The molecule has 0 aliphatic heterocycles. The van der Waals surface area contributed by atoms with Gasteiger partial charge in [0.2, 0.25) is 10.0 Å². The Morgan fingerprint density at radius 2 is 2.00 bits per heavy atom. The summed E-state index contributed by atoms with van der Waals surface area (Å²) in [6.07, 6.45) is 0. The Kier molecular flexibility index (Phi) is 6.12. The lowest BCUT2D eigenvalue weighted by Crippen LogP contribution is -2.31. The quantitative estimate of drug-likeness (QED) is 0.571. The molecule has 0 heterocycles. The second-order valence-electron chi connectivity index (χ2n) is 4.20. The first-order valence-electron chi connectivity index (χ1n) is 6.34. The van der Waals surface area contributed by atoms with E-state index in [4.69, 9.17) is 4.74 Å². The van der Waals surface area contributed by atoms with Crippen molar-refractivity contribution in [1.82, 2.24) is 10.0 Å². The van der Waals surface area contributed by atoms with Crippen LogP contribution in [0.25, 0.3) is 0 Å². The molecule has 0 aliphatic carbocycles. The zero-order chi connectivity index (χ0) is 15.2. The van der Waals surface area contributed by atoms with Gasteiger partial charge in [-0.25, -0.2) is 17.9 Å². The first-order chi connectivity index (χ1) is 9.42. The van der Waals surface area contributed by atoms with E-state index >= 15 is 0 Å². The van der Waals surface area contributed by atoms with E-state index in [2.05, 4.69) is 10.0 Å². The second kappa shape index (κ2) is 7.37. The van der Waals surface area contributed by atoms with E-state index in [0.29, 0.717) is 12.1 Å². The molecule has 0 saturated heterocycles. The van der Waals surface area contributed by atoms with Gasteiger partial charge in [0.05, 0.1) is 17.1 Å². The van der Waals surface area contributed by atoms with Crippen LogP contribution in [0.4, 0.5) is 0 Å². The highest BCUT2D eigenvalue weighted by Crippen LogP contribution is 2.17. The van der Waals surface area contributed by atoms with E-state index in [9.17, 15) is 13.2 Å². The number of rotatable bonds is 7.